The minimum Gasteiger partial charge on any atom is -0.453 e. The van der Waals surface area contributed by atoms with Gasteiger partial charge in [-0.3, -0.25) is 4.90 Å². The highest BCUT2D eigenvalue weighted by Crippen LogP contribution is 2.52. The number of nitrogens with zero attached hydrogens (tertiary/aromatic N) is 1. The summed E-state index contributed by atoms with van der Waals surface area (Å²) in [4.78, 5) is 31.3. The number of methoxy groups -OCH3 is 1. The number of hydrogen-bond donors (Lipinski definition) is 1. The summed E-state index contributed by atoms with van der Waals surface area (Å²) in [6.45, 7) is 3.24. The van der Waals surface area contributed by atoms with Crippen molar-refractivity contribution in [2.75, 3.05) is 13.7 Å². The van der Waals surface area contributed by atoms with Gasteiger partial charge in [-0.1, -0.05) is 24.3 Å². The Kier molecular flexibility index (Phi) is 6.69. The van der Waals surface area contributed by atoms with E-state index >= 15 is 0 Å². The first-order chi connectivity index (χ1) is 15.4. The van der Waals surface area contributed by atoms with Crippen LogP contribution in [0.3, 0.4) is 0 Å². The summed E-state index contributed by atoms with van der Waals surface area (Å²) in [6, 6.07) is 11.0. The fraction of sp³-hybridized carbons (Fsp3) is 0.391. The third kappa shape index (κ3) is 5.44. The monoisotopic (exact) mass is 468 g/mol. The highest BCUT2D eigenvalue weighted by Gasteiger charge is 2.54. The van der Waals surface area contributed by atoms with Crippen LogP contribution < -0.4 is 5.48 Å². The van der Waals surface area contributed by atoms with Crippen LogP contribution in [0.1, 0.15) is 48.2 Å². The Balaban J connectivity index is 1.82. The maximum atomic E-state index is 13.8. The van der Waals surface area contributed by atoms with E-state index in [9.17, 15) is 27.2 Å². The second-order valence-corrected chi connectivity index (χ2v) is 8.52. The second-order valence-electron chi connectivity index (χ2n) is 8.52. The highest BCUT2D eigenvalue weighted by molar-refractivity contribution is 5.89. The fourth-order valence-corrected chi connectivity index (χ4v) is 3.61. The molecule has 6 nitrogen and oxygen atoms in total. The zero-order valence-electron chi connectivity index (χ0n) is 18.3. The van der Waals surface area contributed by atoms with Gasteiger partial charge in [0.05, 0.1) is 29.3 Å². The van der Waals surface area contributed by atoms with E-state index in [1.807, 2.05) is 0 Å². The summed E-state index contributed by atoms with van der Waals surface area (Å²) in [5.74, 6) is -2.02. The van der Waals surface area contributed by atoms with Gasteiger partial charge >= 0.3 is 18.2 Å². The van der Waals surface area contributed by atoms with Crippen LogP contribution in [0.15, 0.2) is 48.5 Å². The average Bonchev–Trinajstić information content (AvgIpc) is 3.57. The quantitative estimate of drug-likeness (QED) is 0.456. The number of hydroxylamine groups is 1. The number of benzene rings is 2. The minimum atomic E-state index is -4.88. The van der Waals surface area contributed by atoms with Crippen LogP contribution in [0.4, 0.5) is 22.4 Å². The summed E-state index contributed by atoms with van der Waals surface area (Å²) in [6.07, 6.45) is -4.91. The van der Waals surface area contributed by atoms with E-state index in [4.69, 9.17) is 9.57 Å². The second kappa shape index (κ2) is 9.01. The fourth-order valence-electron chi connectivity index (χ4n) is 3.61. The van der Waals surface area contributed by atoms with Crippen LogP contribution in [-0.4, -0.2) is 36.2 Å². The smallest absolute Gasteiger partial charge is 0.419 e. The zero-order valence-corrected chi connectivity index (χ0v) is 18.3. The third-order valence-corrected chi connectivity index (χ3v) is 5.43. The average molecular weight is 468 g/mol. The molecule has 0 aliphatic heterocycles. The molecular formula is C23H24F4N2O4. The number of carbonyl (C=O) groups is 2. The molecule has 0 bridgehead atoms. The Hall–Kier alpha value is -3.14. The van der Waals surface area contributed by atoms with Gasteiger partial charge in [0.25, 0.3) is 0 Å². The molecule has 33 heavy (non-hydrogen) atoms. The Morgan fingerprint density at radius 1 is 1.09 bits per heavy atom. The lowest BCUT2D eigenvalue weighted by molar-refractivity contribution is -0.140. The number of halogens is 4. The molecule has 3 rings (SSSR count). The maximum absolute atomic E-state index is 13.8. The lowest BCUT2D eigenvalue weighted by Crippen LogP contribution is -2.54. The van der Waals surface area contributed by atoms with Gasteiger partial charge in [0, 0.05) is 6.54 Å². The topological polar surface area (TPSA) is 67.9 Å². The van der Waals surface area contributed by atoms with Crippen molar-refractivity contribution in [1.29, 1.82) is 0 Å². The molecule has 0 spiro atoms. The van der Waals surface area contributed by atoms with Crippen molar-refractivity contribution in [3.05, 3.63) is 71.0 Å². The van der Waals surface area contributed by atoms with Crippen LogP contribution in [0.2, 0.25) is 0 Å². The van der Waals surface area contributed by atoms with Crippen LogP contribution in [-0.2, 0) is 21.3 Å². The van der Waals surface area contributed by atoms with Crippen molar-refractivity contribution >= 4 is 12.1 Å². The first-order valence-electron chi connectivity index (χ1n) is 10.2. The molecule has 1 saturated carbocycles. The van der Waals surface area contributed by atoms with E-state index in [0.29, 0.717) is 18.4 Å². The summed E-state index contributed by atoms with van der Waals surface area (Å²) in [5.41, 5.74) is -0.400. The molecule has 0 heterocycles. The van der Waals surface area contributed by atoms with E-state index in [1.165, 1.54) is 11.0 Å². The number of carbonyl (C=O) groups excluding carboxylic acids is 2. The van der Waals surface area contributed by atoms with Crippen LogP contribution in [0, 0.1) is 5.82 Å². The number of rotatable bonds is 7. The number of ether oxygens (including phenoxy) is 1. The Labute approximate surface area is 188 Å². The molecule has 1 N–H and O–H groups in total. The number of amides is 1. The molecule has 1 aliphatic rings. The summed E-state index contributed by atoms with van der Waals surface area (Å²) in [5, 5.41) is 0. The van der Waals surface area contributed by atoms with E-state index in [0.717, 1.165) is 19.2 Å². The van der Waals surface area contributed by atoms with E-state index in [1.54, 1.807) is 44.2 Å². The predicted octanol–water partition coefficient (Wildman–Crippen LogP) is 5.04. The molecule has 1 amide bonds. The van der Waals surface area contributed by atoms with Gasteiger partial charge in [0.2, 0.25) is 0 Å². The van der Waals surface area contributed by atoms with Gasteiger partial charge in [-0.2, -0.15) is 13.2 Å². The number of alkyl halides is 3. The molecule has 0 aromatic heterocycles. The molecule has 178 valence electrons. The lowest BCUT2D eigenvalue weighted by Gasteiger charge is -2.37. The Bertz CT molecular complexity index is 1020. The Morgan fingerprint density at radius 2 is 1.73 bits per heavy atom. The van der Waals surface area contributed by atoms with Crippen molar-refractivity contribution in [1.82, 2.24) is 10.4 Å². The Morgan fingerprint density at radius 3 is 2.27 bits per heavy atom. The SMILES string of the molecule is COC(=O)N(CC(C)(C)NOC(=O)c1ccccc1)C1(c2ccc(F)c(C(F)(F)F)c2)CC1. The van der Waals surface area contributed by atoms with Crippen molar-refractivity contribution in [3.8, 4) is 0 Å². The number of hydrogen-bond acceptors (Lipinski definition) is 5. The first-order valence-corrected chi connectivity index (χ1v) is 10.2. The van der Waals surface area contributed by atoms with Crippen LogP contribution >= 0.6 is 0 Å². The van der Waals surface area contributed by atoms with E-state index < -0.39 is 40.7 Å². The summed E-state index contributed by atoms with van der Waals surface area (Å²) in [7, 11) is 1.16. The molecule has 1 aliphatic carbocycles. The van der Waals surface area contributed by atoms with E-state index in [2.05, 4.69) is 5.48 Å². The van der Waals surface area contributed by atoms with Crippen molar-refractivity contribution in [2.24, 2.45) is 0 Å². The maximum Gasteiger partial charge on any atom is 0.419 e. The standard InChI is InChI=1S/C23H24F4N2O4/c1-21(2,28-33-19(30)15-7-5-4-6-8-15)14-29(20(31)32-3)22(11-12-22)16-9-10-18(24)17(13-16)23(25,26)27/h4-10,13,28H,11-12,14H2,1-3H3. The van der Waals surface area contributed by atoms with Gasteiger partial charge in [-0.15, -0.1) is 5.48 Å². The molecule has 0 unspecified atom stereocenters. The van der Waals surface area contributed by atoms with Gasteiger partial charge in [-0.05, 0) is 56.5 Å². The van der Waals surface area contributed by atoms with Gasteiger partial charge in [0.1, 0.15) is 5.82 Å². The molecule has 0 atom stereocenters. The van der Waals surface area contributed by atoms with Gasteiger partial charge in [0.15, 0.2) is 0 Å². The molecule has 0 saturated heterocycles. The summed E-state index contributed by atoms with van der Waals surface area (Å²) >= 11 is 0. The highest BCUT2D eigenvalue weighted by atomic mass is 19.4. The normalized spacial score (nSPS) is 15.0. The van der Waals surface area contributed by atoms with Gasteiger partial charge < -0.3 is 9.57 Å². The molecule has 1 fully saturated rings. The predicted molar refractivity (Wildman–Crippen MR) is 110 cm³/mol. The number of nitrogens with one attached hydrogen (secondary N) is 1. The minimum absolute atomic E-state index is 0.0690. The first kappa shape index (κ1) is 24.5. The van der Waals surface area contributed by atoms with Gasteiger partial charge in [-0.25, -0.2) is 14.0 Å². The van der Waals surface area contributed by atoms with Crippen molar-refractivity contribution in [2.45, 2.75) is 43.9 Å². The lowest BCUT2D eigenvalue weighted by atomic mass is 9.97. The van der Waals surface area contributed by atoms with E-state index in [-0.39, 0.29) is 12.1 Å². The summed E-state index contributed by atoms with van der Waals surface area (Å²) < 4.78 is 58.4. The van der Waals surface area contributed by atoms with Crippen molar-refractivity contribution in [3.63, 3.8) is 0 Å². The largest absolute Gasteiger partial charge is 0.453 e. The van der Waals surface area contributed by atoms with Crippen LogP contribution in [0.25, 0.3) is 0 Å². The molecule has 0 radical (unpaired) electrons. The third-order valence-electron chi connectivity index (χ3n) is 5.43. The van der Waals surface area contributed by atoms with Crippen LogP contribution in [0.5, 0.6) is 0 Å². The molecular weight excluding hydrogens is 444 g/mol. The molecule has 10 heteroatoms. The van der Waals surface area contributed by atoms with Crippen molar-refractivity contribution < 1.29 is 36.7 Å². The molecule has 2 aromatic rings. The zero-order chi connectivity index (χ0) is 24.4. The molecule has 2 aromatic carbocycles.